The predicted molar refractivity (Wildman–Crippen MR) is 64.6 cm³/mol. The molecule has 0 radical (unpaired) electrons. The second kappa shape index (κ2) is 5.50. The number of methoxy groups -OCH3 is 1. The number of benzene rings is 1. The summed E-state index contributed by atoms with van der Waals surface area (Å²) < 4.78 is 18.5. The Morgan fingerprint density at radius 3 is 2.78 bits per heavy atom. The molecule has 0 spiro atoms. The number of rotatable bonds is 4. The lowest BCUT2D eigenvalue weighted by Gasteiger charge is -2.27. The summed E-state index contributed by atoms with van der Waals surface area (Å²) in [4.78, 5) is 10.9. The topological polar surface area (TPSA) is 62.1 Å². The molecule has 0 bridgehead atoms. The lowest BCUT2D eigenvalue weighted by Crippen LogP contribution is -2.36. The maximum Gasteiger partial charge on any atom is 0.322 e. The van der Waals surface area contributed by atoms with Crippen LogP contribution >= 0.6 is 0 Å². The van der Waals surface area contributed by atoms with Crippen LogP contribution < -0.4 is 10.1 Å². The van der Waals surface area contributed by atoms with Crippen LogP contribution in [0.1, 0.15) is 19.4 Å². The summed E-state index contributed by atoms with van der Waals surface area (Å²) in [5.41, 5.74) is 0.100. The third-order valence-corrected chi connectivity index (χ3v) is 2.68. The van der Waals surface area contributed by atoms with E-state index >= 15 is 0 Å². The first-order chi connectivity index (χ1) is 8.40. The number of hydrogen-bond acceptors (Lipinski definition) is 3. The lowest BCUT2D eigenvalue weighted by atomic mass is 9.83. The average molecular weight is 250 g/mol. The Bertz CT molecular complexity index is 492. The Kier molecular flexibility index (Phi) is 4.27. The molecule has 5 heteroatoms. The molecule has 0 saturated carbocycles. The molecule has 1 N–H and O–H groups in total. The SMILES string of the molecule is COc1ccc(F)cc1C(C)(C)CNC(=O)C#N. The van der Waals surface area contributed by atoms with Crippen molar-refractivity contribution in [2.24, 2.45) is 0 Å². The molecule has 96 valence electrons. The molecular formula is C13H15FN2O2. The third kappa shape index (κ3) is 3.20. The zero-order chi connectivity index (χ0) is 13.8. The average Bonchev–Trinajstić information content (AvgIpc) is 2.36. The van der Waals surface area contributed by atoms with Crippen molar-refractivity contribution < 1.29 is 13.9 Å². The normalized spacial score (nSPS) is 10.6. The van der Waals surface area contributed by atoms with Gasteiger partial charge in [-0.25, -0.2) is 4.39 Å². The molecule has 0 aromatic heterocycles. The minimum absolute atomic E-state index is 0.221. The maximum absolute atomic E-state index is 13.3. The van der Waals surface area contributed by atoms with Gasteiger partial charge in [-0.05, 0) is 18.2 Å². The van der Waals surface area contributed by atoms with Crippen LogP contribution in [0.2, 0.25) is 0 Å². The highest BCUT2D eigenvalue weighted by Crippen LogP contribution is 2.31. The molecule has 0 aliphatic rings. The van der Waals surface area contributed by atoms with Gasteiger partial charge in [0.15, 0.2) is 6.07 Å². The van der Waals surface area contributed by atoms with Gasteiger partial charge in [0.25, 0.3) is 0 Å². The van der Waals surface area contributed by atoms with Gasteiger partial charge in [-0.1, -0.05) is 13.8 Å². The molecule has 1 amide bonds. The number of halogens is 1. The molecule has 0 saturated heterocycles. The number of ether oxygens (including phenoxy) is 1. The fraction of sp³-hybridized carbons (Fsp3) is 0.385. The molecule has 0 aliphatic carbocycles. The van der Waals surface area contributed by atoms with E-state index in [1.807, 2.05) is 13.8 Å². The van der Waals surface area contributed by atoms with Crippen molar-refractivity contribution in [3.63, 3.8) is 0 Å². The number of carbonyl (C=O) groups is 1. The fourth-order valence-electron chi connectivity index (χ4n) is 1.65. The van der Waals surface area contributed by atoms with Crippen LogP contribution in [0.5, 0.6) is 5.75 Å². The largest absolute Gasteiger partial charge is 0.496 e. The van der Waals surface area contributed by atoms with Crippen molar-refractivity contribution in [3.8, 4) is 11.8 Å². The fourth-order valence-corrected chi connectivity index (χ4v) is 1.65. The number of nitrogens with zero attached hydrogens (tertiary/aromatic N) is 1. The first-order valence-electron chi connectivity index (χ1n) is 5.42. The molecule has 1 aromatic rings. The number of nitriles is 1. The molecule has 1 rings (SSSR count). The van der Waals surface area contributed by atoms with E-state index in [1.165, 1.54) is 25.3 Å². The minimum Gasteiger partial charge on any atom is -0.496 e. The van der Waals surface area contributed by atoms with E-state index in [0.717, 1.165) is 0 Å². The van der Waals surface area contributed by atoms with Crippen LogP contribution in [0.3, 0.4) is 0 Å². The monoisotopic (exact) mass is 250 g/mol. The van der Waals surface area contributed by atoms with Crippen molar-refractivity contribution in [1.82, 2.24) is 5.32 Å². The van der Waals surface area contributed by atoms with Gasteiger partial charge in [0.05, 0.1) is 7.11 Å². The molecule has 4 nitrogen and oxygen atoms in total. The Morgan fingerprint density at radius 2 is 2.22 bits per heavy atom. The van der Waals surface area contributed by atoms with E-state index in [1.54, 1.807) is 6.07 Å². The summed E-state index contributed by atoms with van der Waals surface area (Å²) in [7, 11) is 1.50. The van der Waals surface area contributed by atoms with Gasteiger partial charge in [0, 0.05) is 17.5 Å². The molecule has 0 fully saturated rings. The molecule has 0 atom stereocenters. The van der Waals surface area contributed by atoms with Gasteiger partial charge < -0.3 is 10.1 Å². The summed E-state index contributed by atoms with van der Waals surface area (Å²) in [5.74, 6) is -0.531. The second-order valence-electron chi connectivity index (χ2n) is 4.52. The van der Waals surface area contributed by atoms with Crippen LogP contribution in [0.15, 0.2) is 18.2 Å². The molecular weight excluding hydrogens is 235 g/mol. The predicted octanol–water partition coefficient (Wildman–Crippen LogP) is 1.75. The van der Waals surface area contributed by atoms with Gasteiger partial charge in [0.2, 0.25) is 0 Å². The Labute approximate surface area is 105 Å². The van der Waals surface area contributed by atoms with Crippen molar-refractivity contribution in [2.75, 3.05) is 13.7 Å². The summed E-state index contributed by atoms with van der Waals surface area (Å²) >= 11 is 0. The Hall–Kier alpha value is -2.09. The second-order valence-corrected chi connectivity index (χ2v) is 4.52. The van der Waals surface area contributed by atoms with E-state index in [0.29, 0.717) is 11.3 Å². The van der Waals surface area contributed by atoms with Gasteiger partial charge >= 0.3 is 5.91 Å². The smallest absolute Gasteiger partial charge is 0.322 e. The van der Waals surface area contributed by atoms with Gasteiger partial charge in [0.1, 0.15) is 11.6 Å². The quantitative estimate of drug-likeness (QED) is 0.828. The van der Waals surface area contributed by atoms with Gasteiger partial charge in [-0.15, -0.1) is 0 Å². The summed E-state index contributed by atoms with van der Waals surface area (Å²) in [6, 6.07) is 5.70. The number of carbonyl (C=O) groups excluding carboxylic acids is 1. The zero-order valence-corrected chi connectivity index (χ0v) is 10.6. The van der Waals surface area contributed by atoms with Crippen molar-refractivity contribution in [2.45, 2.75) is 19.3 Å². The van der Waals surface area contributed by atoms with Crippen molar-refractivity contribution >= 4 is 5.91 Å². The summed E-state index contributed by atoms with van der Waals surface area (Å²) in [6.07, 6.45) is 0. The lowest BCUT2D eigenvalue weighted by molar-refractivity contribution is -0.116. The third-order valence-electron chi connectivity index (χ3n) is 2.68. The highest BCUT2D eigenvalue weighted by molar-refractivity contribution is 5.91. The summed E-state index contributed by atoms with van der Waals surface area (Å²) in [6.45, 7) is 3.89. The molecule has 18 heavy (non-hydrogen) atoms. The molecule has 0 aliphatic heterocycles. The van der Waals surface area contributed by atoms with Crippen LogP contribution in [0.4, 0.5) is 4.39 Å². The van der Waals surface area contributed by atoms with Gasteiger partial charge in [-0.3, -0.25) is 4.79 Å². The highest BCUT2D eigenvalue weighted by Gasteiger charge is 2.25. The van der Waals surface area contributed by atoms with Crippen LogP contribution in [0, 0.1) is 17.1 Å². The van der Waals surface area contributed by atoms with Crippen LogP contribution in [0.25, 0.3) is 0 Å². The van der Waals surface area contributed by atoms with E-state index < -0.39 is 11.3 Å². The van der Waals surface area contributed by atoms with Crippen molar-refractivity contribution in [3.05, 3.63) is 29.6 Å². The molecule has 0 heterocycles. The van der Waals surface area contributed by atoms with Gasteiger partial charge in [-0.2, -0.15) is 5.26 Å². The van der Waals surface area contributed by atoms with E-state index in [4.69, 9.17) is 10.00 Å². The van der Waals surface area contributed by atoms with E-state index in [2.05, 4.69) is 5.32 Å². The highest BCUT2D eigenvalue weighted by atomic mass is 19.1. The van der Waals surface area contributed by atoms with Crippen LogP contribution in [-0.2, 0) is 10.2 Å². The summed E-state index contributed by atoms with van der Waals surface area (Å²) in [5, 5.41) is 10.9. The molecule has 0 unspecified atom stereocenters. The first-order valence-corrected chi connectivity index (χ1v) is 5.42. The Morgan fingerprint density at radius 1 is 1.56 bits per heavy atom. The molecule has 1 aromatic carbocycles. The van der Waals surface area contributed by atoms with Crippen LogP contribution in [-0.4, -0.2) is 19.6 Å². The number of nitrogens with one attached hydrogen (secondary N) is 1. The number of hydrogen-bond donors (Lipinski definition) is 1. The maximum atomic E-state index is 13.3. The minimum atomic E-state index is -0.710. The first kappa shape index (κ1) is 14.0. The standard InChI is InChI=1S/C13H15FN2O2/c1-13(2,8-16-12(17)7-15)10-6-9(14)4-5-11(10)18-3/h4-6H,8H2,1-3H3,(H,16,17). The number of amides is 1. The van der Waals surface area contributed by atoms with Crippen molar-refractivity contribution in [1.29, 1.82) is 5.26 Å². The van der Waals surface area contributed by atoms with E-state index in [9.17, 15) is 9.18 Å². The Balaban J connectivity index is 3.00. The van der Waals surface area contributed by atoms with E-state index in [-0.39, 0.29) is 12.4 Å². The zero-order valence-electron chi connectivity index (χ0n) is 10.6.